The molecule has 1 aromatic rings. The van der Waals surface area contributed by atoms with Gasteiger partial charge in [-0.05, 0) is 13.0 Å². The summed E-state index contributed by atoms with van der Waals surface area (Å²) in [6.45, 7) is 7.73. The molecule has 134 valence electrons. The Morgan fingerprint density at radius 3 is 2.17 bits per heavy atom. The number of carbonyl (C=O) groups is 1. The molecule has 0 N–H and O–H groups in total. The van der Waals surface area contributed by atoms with E-state index in [0.717, 1.165) is 5.69 Å². The number of aromatic nitrogens is 1. The molecule has 0 saturated carbocycles. The van der Waals surface area contributed by atoms with Crippen molar-refractivity contribution in [3.8, 4) is 0 Å². The predicted octanol–water partition coefficient (Wildman–Crippen LogP) is 2.97. The van der Waals surface area contributed by atoms with Gasteiger partial charge < -0.3 is 4.74 Å². The van der Waals surface area contributed by atoms with Crippen molar-refractivity contribution >= 4 is 25.4 Å². The van der Waals surface area contributed by atoms with Crippen LogP contribution in [0.5, 0.6) is 0 Å². The average Bonchev–Trinajstić information content (AvgIpc) is 2.34. The van der Waals surface area contributed by atoms with Crippen LogP contribution in [0.15, 0.2) is 36.5 Å². The molecule has 23 heavy (non-hydrogen) atoms. The minimum absolute atomic E-state index is 0.119. The molecule has 1 aromatic heterocycles. The monoisotopic (exact) mass is 457 g/mol. The van der Waals surface area contributed by atoms with Crippen molar-refractivity contribution in [2.75, 3.05) is 13.2 Å². The first-order chi connectivity index (χ1) is 10.1. The second kappa shape index (κ2) is 6.98. The van der Waals surface area contributed by atoms with Crippen molar-refractivity contribution in [2.45, 2.75) is 13.8 Å². The Balaban J connectivity index is 0.000000585. The number of halogens is 6. The summed E-state index contributed by atoms with van der Waals surface area (Å²) < 4.78 is 65.9. The van der Waals surface area contributed by atoms with Crippen LogP contribution in [0.2, 0.25) is 0 Å². The van der Waals surface area contributed by atoms with Crippen molar-refractivity contribution in [2.24, 2.45) is 0 Å². The molecule has 0 spiro atoms. The van der Waals surface area contributed by atoms with Crippen LogP contribution >= 0.6 is 0 Å². The summed E-state index contributed by atoms with van der Waals surface area (Å²) in [6.07, 6.45) is 1.77. The van der Waals surface area contributed by atoms with E-state index in [1.54, 1.807) is 17.9 Å². The molecule has 0 bridgehead atoms. The second-order valence-corrected chi connectivity index (χ2v) is 9.69. The predicted molar refractivity (Wildman–Crippen MR) is 71.0 cm³/mol. The van der Waals surface area contributed by atoms with Gasteiger partial charge >= 0.3 is 42.3 Å². The fourth-order valence-corrected chi connectivity index (χ4v) is 1.10. The third kappa shape index (κ3) is 15.2. The number of aryl methyl sites for hydroxylation is 1. The normalized spacial score (nSPS) is 13.7. The van der Waals surface area contributed by atoms with E-state index < -0.39 is 25.4 Å². The summed E-state index contributed by atoms with van der Waals surface area (Å²) in [4.78, 5) is 16.6. The molecule has 11 heteroatoms. The Morgan fingerprint density at radius 1 is 1.22 bits per heavy atom. The molecular formula is C12H16F6NO3Sb. The molecule has 0 fully saturated rings. The van der Waals surface area contributed by atoms with E-state index in [9.17, 15) is 21.7 Å². The molecular weight excluding hydrogens is 442 g/mol. The molecule has 1 heterocycles. The number of hydrogen-bond acceptors (Lipinski definition) is 3. The summed E-state index contributed by atoms with van der Waals surface area (Å²) in [5, 5.41) is 0. The first-order valence-corrected chi connectivity index (χ1v) is 11.9. The third-order valence-corrected chi connectivity index (χ3v) is 1.96. The Hall–Kier alpha value is -1.44. The summed E-state index contributed by atoms with van der Waals surface area (Å²) in [5.41, 5.74) is 1.25. The number of ether oxygens (including phenoxy) is 1. The summed E-state index contributed by atoms with van der Waals surface area (Å²) >= 11 is -11.2. The van der Waals surface area contributed by atoms with Crippen LogP contribution in [0.3, 0.4) is 0 Å². The SMILES string of the molecule is C=C(CO[n+]1ccccc1C)C(=O)OCC.[F][Sb-]([F])([F])([F])([F])[F]. The van der Waals surface area contributed by atoms with Crippen molar-refractivity contribution in [3.63, 3.8) is 0 Å². The van der Waals surface area contributed by atoms with Crippen molar-refractivity contribution in [1.82, 2.24) is 0 Å². The first-order valence-electron chi connectivity index (χ1n) is 6.12. The topological polar surface area (TPSA) is 39.4 Å². The van der Waals surface area contributed by atoms with Crippen molar-refractivity contribution in [3.05, 3.63) is 42.2 Å². The van der Waals surface area contributed by atoms with Gasteiger partial charge in [-0.2, -0.15) is 0 Å². The van der Waals surface area contributed by atoms with Gasteiger partial charge in [-0.15, -0.1) is 0 Å². The van der Waals surface area contributed by atoms with Crippen LogP contribution in [0.4, 0.5) is 16.9 Å². The number of carbonyl (C=O) groups excluding carboxylic acids is 1. The fourth-order valence-electron chi connectivity index (χ4n) is 1.10. The Kier molecular flexibility index (Phi) is 6.55. The minimum atomic E-state index is -11.2. The van der Waals surface area contributed by atoms with E-state index in [-0.39, 0.29) is 6.61 Å². The standard InChI is InChI=1S/C12H16NO3.6FH.Sb/c1-4-15-12(14)10(2)9-16-13-8-6-5-7-11(13)3;;;;;;;/h5-8H,2,4,9H2,1,3H3;6*1H;/q+1;;;;;;;+5/p-6. The molecule has 0 unspecified atom stereocenters. The van der Waals surface area contributed by atoms with E-state index in [4.69, 9.17) is 9.57 Å². The molecule has 0 aliphatic rings. The van der Waals surface area contributed by atoms with Gasteiger partial charge in [0.2, 0.25) is 11.9 Å². The Morgan fingerprint density at radius 2 is 1.74 bits per heavy atom. The van der Waals surface area contributed by atoms with Gasteiger partial charge in [-0.3, -0.25) is 4.84 Å². The van der Waals surface area contributed by atoms with Gasteiger partial charge in [-0.1, -0.05) is 6.58 Å². The maximum atomic E-state index is 11.2. The van der Waals surface area contributed by atoms with Gasteiger partial charge in [0.05, 0.1) is 12.2 Å². The van der Waals surface area contributed by atoms with Crippen LogP contribution in [0.25, 0.3) is 0 Å². The van der Waals surface area contributed by atoms with E-state index in [2.05, 4.69) is 6.58 Å². The molecule has 0 amide bonds. The maximum absolute atomic E-state index is 11.2. The number of pyridine rings is 1. The Labute approximate surface area is 131 Å². The van der Waals surface area contributed by atoms with Crippen LogP contribution < -0.4 is 9.57 Å². The molecule has 1 rings (SSSR count). The Bertz CT molecular complexity index is 562. The van der Waals surface area contributed by atoms with E-state index in [1.807, 2.05) is 25.1 Å². The van der Waals surface area contributed by atoms with Crippen molar-refractivity contribution in [1.29, 1.82) is 0 Å². The zero-order valence-corrected chi connectivity index (χ0v) is 14.9. The van der Waals surface area contributed by atoms with Crippen LogP contribution in [-0.4, -0.2) is 38.7 Å². The molecule has 0 aliphatic heterocycles. The van der Waals surface area contributed by atoms with Crippen LogP contribution in [-0.2, 0) is 9.53 Å². The molecule has 0 aromatic carbocycles. The van der Waals surface area contributed by atoms with Gasteiger partial charge in [-0.25, -0.2) is 4.79 Å². The van der Waals surface area contributed by atoms with Gasteiger partial charge in [0.15, 0.2) is 6.61 Å². The molecule has 4 nitrogen and oxygen atoms in total. The van der Waals surface area contributed by atoms with Crippen molar-refractivity contribution < 1.29 is 36.0 Å². The summed E-state index contributed by atoms with van der Waals surface area (Å²) in [7, 11) is 0. The zero-order valence-electron chi connectivity index (χ0n) is 12.3. The van der Waals surface area contributed by atoms with Crippen LogP contribution in [0, 0.1) is 6.92 Å². The molecule has 0 saturated heterocycles. The molecule has 0 atom stereocenters. The third-order valence-electron chi connectivity index (χ3n) is 1.96. The zero-order chi connectivity index (χ0) is 18.4. The average molecular weight is 458 g/mol. The van der Waals surface area contributed by atoms with E-state index >= 15 is 0 Å². The first kappa shape index (κ1) is 21.6. The fraction of sp³-hybridized carbons (Fsp3) is 0.333. The number of rotatable bonds is 5. The number of hydrogen-bond donors (Lipinski definition) is 0. The number of nitrogens with zero attached hydrogens (tertiary/aromatic N) is 1. The summed E-state index contributed by atoms with van der Waals surface area (Å²) in [6, 6.07) is 5.67. The second-order valence-electron chi connectivity index (χ2n) is 4.22. The molecule has 0 radical (unpaired) electrons. The van der Waals surface area contributed by atoms with Gasteiger partial charge in [0, 0.05) is 23.8 Å². The summed E-state index contributed by atoms with van der Waals surface area (Å²) in [5.74, 6) is -0.420. The molecule has 0 aliphatic carbocycles. The van der Waals surface area contributed by atoms with E-state index in [0.29, 0.717) is 12.2 Å². The quantitative estimate of drug-likeness (QED) is 0.224. The van der Waals surface area contributed by atoms with Gasteiger partial charge in [0.25, 0.3) is 0 Å². The van der Waals surface area contributed by atoms with Gasteiger partial charge in [0.1, 0.15) is 0 Å². The van der Waals surface area contributed by atoms with E-state index in [1.165, 1.54) is 0 Å². The number of esters is 1. The van der Waals surface area contributed by atoms with Crippen LogP contribution in [0.1, 0.15) is 12.6 Å².